The van der Waals surface area contributed by atoms with Gasteiger partial charge in [0.25, 0.3) is 5.91 Å². The van der Waals surface area contributed by atoms with Gasteiger partial charge in [-0.3, -0.25) is 4.79 Å². The van der Waals surface area contributed by atoms with Gasteiger partial charge in [-0.05, 0) is 43.2 Å². The van der Waals surface area contributed by atoms with Gasteiger partial charge in [0.05, 0.1) is 14.2 Å². The third kappa shape index (κ3) is 3.49. The number of likely N-dealkylation sites (N-methyl/N-ethyl adjacent to an activating group) is 1. The van der Waals surface area contributed by atoms with E-state index in [9.17, 15) is 4.79 Å². The minimum atomic E-state index is -0.0893. The number of methoxy groups -OCH3 is 2. The van der Waals surface area contributed by atoms with Crippen molar-refractivity contribution in [3.05, 3.63) is 59.5 Å². The van der Waals surface area contributed by atoms with Gasteiger partial charge < -0.3 is 18.8 Å². The molecule has 2 aromatic heterocycles. The van der Waals surface area contributed by atoms with E-state index in [2.05, 4.69) is 4.98 Å². The lowest BCUT2D eigenvalue weighted by Crippen LogP contribution is -2.29. The van der Waals surface area contributed by atoms with E-state index in [1.165, 1.54) is 0 Å². The van der Waals surface area contributed by atoms with Crippen molar-refractivity contribution in [3.8, 4) is 11.5 Å². The molecular weight excluding hydrogens is 330 g/mol. The van der Waals surface area contributed by atoms with Crippen LogP contribution in [0.4, 0.5) is 0 Å². The predicted octanol–water partition coefficient (Wildman–Crippen LogP) is 2.97. The number of ether oxygens (including phenoxy) is 2. The fourth-order valence-corrected chi connectivity index (χ4v) is 2.88. The van der Waals surface area contributed by atoms with E-state index in [0.29, 0.717) is 23.7 Å². The van der Waals surface area contributed by atoms with E-state index < -0.39 is 0 Å². The molecule has 6 heteroatoms. The number of carbonyl (C=O) groups excluding carboxylic acids is 1. The van der Waals surface area contributed by atoms with Crippen molar-refractivity contribution in [1.82, 2.24) is 14.3 Å². The fourth-order valence-electron chi connectivity index (χ4n) is 2.88. The van der Waals surface area contributed by atoms with Crippen LogP contribution in [-0.4, -0.2) is 48.0 Å². The van der Waals surface area contributed by atoms with Gasteiger partial charge in [-0.2, -0.15) is 0 Å². The van der Waals surface area contributed by atoms with Crippen LogP contribution in [0.25, 0.3) is 5.65 Å². The maximum Gasteiger partial charge on any atom is 0.273 e. The van der Waals surface area contributed by atoms with Crippen molar-refractivity contribution in [1.29, 1.82) is 0 Å². The molecule has 3 rings (SSSR count). The van der Waals surface area contributed by atoms with Gasteiger partial charge in [0.2, 0.25) is 0 Å². The first-order valence-electron chi connectivity index (χ1n) is 8.44. The number of amides is 1. The summed E-state index contributed by atoms with van der Waals surface area (Å²) in [6, 6.07) is 11.6. The van der Waals surface area contributed by atoms with Crippen LogP contribution in [0.15, 0.2) is 42.6 Å². The molecule has 2 heterocycles. The second-order valence-electron chi connectivity index (χ2n) is 6.19. The Hall–Kier alpha value is -3.02. The van der Waals surface area contributed by atoms with Crippen LogP contribution in [0.3, 0.4) is 0 Å². The van der Waals surface area contributed by atoms with Gasteiger partial charge in [0.15, 0.2) is 11.5 Å². The zero-order chi connectivity index (χ0) is 18.7. The monoisotopic (exact) mass is 353 g/mol. The molecular formula is C20H23N3O3. The van der Waals surface area contributed by atoms with Crippen LogP contribution in [0, 0.1) is 6.92 Å². The molecule has 6 nitrogen and oxygen atoms in total. The molecule has 0 aliphatic heterocycles. The van der Waals surface area contributed by atoms with E-state index in [1.54, 1.807) is 32.4 Å². The molecule has 0 spiro atoms. The summed E-state index contributed by atoms with van der Waals surface area (Å²) in [5.41, 5.74) is 3.35. The van der Waals surface area contributed by atoms with Crippen LogP contribution >= 0.6 is 0 Å². The van der Waals surface area contributed by atoms with E-state index in [4.69, 9.17) is 9.47 Å². The molecule has 0 aliphatic carbocycles. The highest BCUT2D eigenvalue weighted by Gasteiger charge is 2.16. The van der Waals surface area contributed by atoms with Gasteiger partial charge in [0.1, 0.15) is 11.3 Å². The molecule has 0 saturated heterocycles. The lowest BCUT2D eigenvalue weighted by Gasteiger charge is -2.16. The third-order valence-electron chi connectivity index (χ3n) is 4.45. The summed E-state index contributed by atoms with van der Waals surface area (Å²) in [4.78, 5) is 18.8. The predicted molar refractivity (Wildman–Crippen MR) is 100 cm³/mol. The zero-order valence-electron chi connectivity index (χ0n) is 15.5. The molecule has 26 heavy (non-hydrogen) atoms. The number of rotatable bonds is 6. The van der Waals surface area contributed by atoms with Crippen LogP contribution in [-0.2, 0) is 6.42 Å². The minimum absolute atomic E-state index is 0.0893. The number of pyridine rings is 1. The fraction of sp³-hybridized carbons (Fsp3) is 0.300. The molecule has 1 aromatic carbocycles. The Morgan fingerprint density at radius 3 is 2.62 bits per heavy atom. The van der Waals surface area contributed by atoms with Crippen molar-refractivity contribution in [2.75, 3.05) is 27.8 Å². The molecule has 1 amide bonds. The highest BCUT2D eigenvalue weighted by atomic mass is 16.5. The molecule has 0 saturated carbocycles. The quantitative estimate of drug-likeness (QED) is 0.684. The second kappa shape index (κ2) is 7.47. The largest absolute Gasteiger partial charge is 0.493 e. The number of hydrogen-bond acceptors (Lipinski definition) is 4. The number of aryl methyl sites for hydroxylation is 1. The number of imidazole rings is 1. The molecule has 0 N–H and O–H groups in total. The Morgan fingerprint density at radius 2 is 1.92 bits per heavy atom. The summed E-state index contributed by atoms with van der Waals surface area (Å²) in [6.45, 7) is 2.57. The number of fused-ring (bicyclic) bond motifs is 1. The maximum absolute atomic E-state index is 12.7. The van der Waals surface area contributed by atoms with Gasteiger partial charge in [0, 0.05) is 25.5 Å². The summed E-state index contributed by atoms with van der Waals surface area (Å²) in [7, 11) is 5.02. The molecule has 0 bridgehead atoms. The van der Waals surface area contributed by atoms with Crippen LogP contribution in [0.1, 0.15) is 21.7 Å². The lowest BCUT2D eigenvalue weighted by atomic mass is 10.1. The molecule has 0 unspecified atom stereocenters. The number of hydrogen-bond donors (Lipinski definition) is 0. The first-order valence-corrected chi connectivity index (χ1v) is 8.44. The normalized spacial score (nSPS) is 10.8. The first-order chi connectivity index (χ1) is 12.5. The molecule has 0 fully saturated rings. The Balaban J connectivity index is 1.70. The first kappa shape index (κ1) is 17.8. The standard InChI is InChI=1S/C20H23N3O3/c1-14-6-5-7-19-21-16(13-23(14)19)20(24)22(2)11-10-15-8-9-17(25-3)18(12-15)26-4/h5-9,12-13H,10-11H2,1-4H3. The zero-order valence-corrected chi connectivity index (χ0v) is 15.5. The van der Waals surface area contributed by atoms with E-state index in [0.717, 1.165) is 23.3 Å². The van der Waals surface area contributed by atoms with E-state index in [1.807, 2.05) is 47.7 Å². The second-order valence-corrected chi connectivity index (χ2v) is 6.19. The highest BCUT2D eigenvalue weighted by Crippen LogP contribution is 2.27. The smallest absolute Gasteiger partial charge is 0.273 e. The number of nitrogens with zero attached hydrogens (tertiary/aromatic N) is 3. The third-order valence-corrected chi connectivity index (χ3v) is 4.45. The number of aromatic nitrogens is 2. The minimum Gasteiger partial charge on any atom is -0.493 e. The summed E-state index contributed by atoms with van der Waals surface area (Å²) in [5, 5.41) is 0. The summed E-state index contributed by atoms with van der Waals surface area (Å²) >= 11 is 0. The van der Waals surface area contributed by atoms with E-state index in [-0.39, 0.29) is 5.91 Å². The summed E-state index contributed by atoms with van der Waals surface area (Å²) in [5.74, 6) is 1.30. The highest BCUT2D eigenvalue weighted by molar-refractivity contribution is 5.92. The number of benzene rings is 1. The maximum atomic E-state index is 12.7. The molecule has 0 atom stereocenters. The van der Waals surface area contributed by atoms with Crippen LogP contribution in [0.2, 0.25) is 0 Å². The van der Waals surface area contributed by atoms with Crippen molar-refractivity contribution < 1.29 is 14.3 Å². The van der Waals surface area contributed by atoms with Gasteiger partial charge in [-0.15, -0.1) is 0 Å². The Labute approximate surface area is 153 Å². The lowest BCUT2D eigenvalue weighted by molar-refractivity contribution is 0.0791. The van der Waals surface area contributed by atoms with Crippen molar-refractivity contribution in [2.45, 2.75) is 13.3 Å². The Kier molecular flexibility index (Phi) is 5.11. The summed E-state index contributed by atoms with van der Waals surface area (Å²) in [6.07, 6.45) is 2.51. The van der Waals surface area contributed by atoms with Crippen LogP contribution < -0.4 is 9.47 Å². The average molecular weight is 353 g/mol. The topological polar surface area (TPSA) is 56.1 Å². The van der Waals surface area contributed by atoms with Gasteiger partial charge >= 0.3 is 0 Å². The van der Waals surface area contributed by atoms with Crippen molar-refractivity contribution in [3.63, 3.8) is 0 Å². The Morgan fingerprint density at radius 1 is 1.15 bits per heavy atom. The molecule has 0 radical (unpaired) electrons. The van der Waals surface area contributed by atoms with E-state index >= 15 is 0 Å². The van der Waals surface area contributed by atoms with Crippen molar-refractivity contribution >= 4 is 11.6 Å². The molecule has 0 aliphatic rings. The van der Waals surface area contributed by atoms with Gasteiger partial charge in [-0.1, -0.05) is 12.1 Å². The SMILES string of the molecule is COc1ccc(CCN(C)C(=O)c2cn3c(C)cccc3n2)cc1OC. The molecule has 136 valence electrons. The van der Waals surface area contributed by atoms with Crippen molar-refractivity contribution in [2.24, 2.45) is 0 Å². The van der Waals surface area contributed by atoms with Gasteiger partial charge in [-0.25, -0.2) is 4.98 Å². The average Bonchev–Trinajstić information content (AvgIpc) is 3.10. The molecule has 3 aromatic rings. The number of carbonyl (C=O) groups is 1. The summed E-state index contributed by atoms with van der Waals surface area (Å²) < 4.78 is 12.5. The Bertz CT molecular complexity index is 933. The van der Waals surface area contributed by atoms with Crippen LogP contribution in [0.5, 0.6) is 11.5 Å².